The first kappa shape index (κ1) is 17.2. The van der Waals surface area contributed by atoms with Crippen molar-refractivity contribution in [3.8, 4) is 0 Å². The summed E-state index contributed by atoms with van der Waals surface area (Å²) in [6.45, 7) is 1.17. The molecule has 0 bridgehead atoms. The zero-order chi connectivity index (χ0) is 18.2. The average molecular weight is 350 g/mol. The highest BCUT2D eigenvalue weighted by Gasteiger charge is 2.36. The van der Waals surface area contributed by atoms with Crippen molar-refractivity contribution in [3.63, 3.8) is 0 Å². The number of alkyl halides is 3. The molecule has 4 N–H and O–H groups in total. The lowest BCUT2D eigenvalue weighted by molar-refractivity contribution is -0.137. The van der Waals surface area contributed by atoms with Crippen LogP contribution in [0.3, 0.4) is 0 Å². The Morgan fingerprint density at radius 1 is 1.24 bits per heavy atom. The van der Waals surface area contributed by atoms with E-state index in [2.05, 4.69) is 4.98 Å². The Bertz CT molecular complexity index is 807. The molecule has 25 heavy (non-hydrogen) atoms. The Morgan fingerprint density at radius 2 is 2.00 bits per heavy atom. The molecule has 132 valence electrons. The lowest BCUT2D eigenvalue weighted by Crippen LogP contribution is -2.26. The molecule has 2 aromatic rings. The third-order valence-electron chi connectivity index (χ3n) is 4.23. The first-order chi connectivity index (χ1) is 11.8. The molecule has 0 aliphatic carbocycles. The summed E-state index contributed by atoms with van der Waals surface area (Å²) in [6, 6.07) is 6.35. The number of nitrogens with zero attached hydrogens (tertiary/aromatic N) is 2. The van der Waals surface area contributed by atoms with Crippen LogP contribution in [0.25, 0.3) is 0 Å². The Morgan fingerprint density at radius 3 is 2.60 bits per heavy atom. The van der Waals surface area contributed by atoms with Gasteiger partial charge in [0.2, 0.25) is 0 Å². The van der Waals surface area contributed by atoms with Crippen LogP contribution in [0, 0.1) is 0 Å². The lowest BCUT2D eigenvalue weighted by atomic mass is 9.97. The fourth-order valence-electron chi connectivity index (χ4n) is 2.94. The molecule has 1 saturated heterocycles. The van der Waals surface area contributed by atoms with Crippen molar-refractivity contribution in [2.75, 3.05) is 23.7 Å². The molecular weight excluding hydrogens is 333 g/mol. The minimum atomic E-state index is -4.65. The second kappa shape index (κ2) is 6.36. The van der Waals surface area contributed by atoms with Crippen LogP contribution in [0.2, 0.25) is 0 Å². The van der Waals surface area contributed by atoms with Gasteiger partial charge in [0.25, 0.3) is 0 Å². The van der Waals surface area contributed by atoms with Crippen LogP contribution in [-0.2, 0) is 6.18 Å². The van der Waals surface area contributed by atoms with Crippen molar-refractivity contribution < 1.29 is 18.0 Å². The summed E-state index contributed by atoms with van der Waals surface area (Å²) in [7, 11) is 0. The number of halogens is 3. The second-order valence-electron chi connectivity index (χ2n) is 5.99. The minimum absolute atomic E-state index is 0.0320. The predicted octanol–water partition coefficient (Wildman–Crippen LogP) is 2.45. The van der Waals surface area contributed by atoms with E-state index in [4.69, 9.17) is 11.5 Å². The van der Waals surface area contributed by atoms with Crippen LogP contribution < -0.4 is 16.4 Å². The van der Waals surface area contributed by atoms with Gasteiger partial charge in [0.05, 0.1) is 11.1 Å². The molecule has 1 aromatic carbocycles. The van der Waals surface area contributed by atoms with Gasteiger partial charge in [-0.15, -0.1) is 0 Å². The van der Waals surface area contributed by atoms with Crippen molar-refractivity contribution in [2.45, 2.75) is 18.6 Å². The van der Waals surface area contributed by atoms with Crippen LogP contribution >= 0.6 is 0 Å². The third-order valence-corrected chi connectivity index (χ3v) is 4.23. The van der Waals surface area contributed by atoms with Gasteiger partial charge in [0, 0.05) is 36.6 Å². The van der Waals surface area contributed by atoms with E-state index < -0.39 is 23.1 Å². The average Bonchev–Trinajstić information content (AvgIpc) is 3.00. The quantitative estimate of drug-likeness (QED) is 0.831. The van der Waals surface area contributed by atoms with Crippen LogP contribution in [0.4, 0.5) is 24.7 Å². The van der Waals surface area contributed by atoms with Crippen LogP contribution in [0.1, 0.15) is 27.9 Å². The van der Waals surface area contributed by atoms with Crippen molar-refractivity contribution in [2.24, 2.45) is 5.73 Å². The first-order valence-corrected chi connectivity index (χ1v) is 7.74. The summed E-state index contributed by atoms with van der Waals surface area (Å²) in [5.74, 6) is -0.905. The number of ketones is 1. The highest BCUT2D eigenvalue weighted by Crippen LogP contribution is 2.36. The van der Waals surface area contributed by atoms with Gasteiger partial charge in [-0.1, -0.05) is 0 Å². The molecule has 0 amide bonds. The van der Waals surface area contributed by atoms with Crippen molar-refractivity contribution in [1.29, 1.82) is 0 Å². The van der Waals surface area contributed by atoms with E-state index in [9.17, 15) is 18.0 Å². The van der Waals surface area contributed by atoms with Gasteiger partial charge in [-0.3, -0.25) is 4.79 Å². The van der Waals surface area contributed by atoms with E-state index in [1.165, 1.54) is 30.5 Å². The highest BCUT2D eigenvalue weighted by molar-refractivity contribution is 6.13. The molecule has 3 rings (SSSR count). The van der Waals surface area contributed by atoms with Gasteiger partial charge >= 0.3 is 6.18 Å². The Balaban J connectivity index is 2.08. The zero-order valence-electron chi connectivity index (χ0n) is 13.3. The van der Waals surface area contributed by atoms with Crippen molar-refractivity contribution in [1.82, 2.24) is 4.98 Å². The molecule has 0 radical (unpaired) electrons. The van der Waals surface area contributed by atoms with E-state index in [0.29, 0.717) is 18.8 Å². The third kappa shape index (κ3) is 3.43. The molecule has 1 aromatic heterocycles. The van der Waals surface area contributed by atoms with Crippen molar-refractivity contribution >= 4 is 17.3 Å². The number of rotatable bonds is 3. The molecule has 1 atom stereocenters. The largest absolute Gasteiger partial charge is 0.417 e. The minimum Gasteiger partial charge on any atom is -0.383 e. The number of aromatic nitrogens is 1. The summed E-state index contributed by atoms with van der Waals surface area (Å²) in [5.41, 5.74) is 10.6. The lowest BCUT2D eigenvalue weighted by Gasteiger charge is -2.21. The molecule has 1 aliphatic rings. The number of carbonyl (C=O) groups excluding carboxylic acids is 1. The maximum absolute atomic E-state index is 13.4. The number of benzene rings is 1. The summed E-state index contributed by atoms with van der Waals surface area (Å²) in [5, 5.41) is 0. The molecule has 1 unspecified atom stereocenters. The second-order valence-corrected chi connectivity index (χ2v) is 5.99. The van der Waals surface area contributed by atoms with E-state index in [1.807, 2.05) is 4.90 Å². The molecule has 1 aliphatic heterocycles. The maximum atomic E-state index is 13.4. The van der Waals surface area contributed by atoms with Gasteiger partial charge in [-0.2, -0.15) is 13.2 Å². The predicted molar refractivity (Wildman–Crippen MR) is 88.3 cm³/mol. The Kier molecular flexibility index (Phi) is 4.38. The number of hydrogen-bond acceptors (Lipinski definition) is 5. The number of nitrogen functional groups attached to an aromatic ring is 1. The first-order valence-electron chi connectivity index (χ1n) is 7.74. The normalized spacial score (nSPS) is 17.8. The summed E-state index contributed by atoms with van der Waals surface area (Å²) < 4.78 is 40.1. The molecule has 0 spiro atoms. The van der Waals surface area contributed by atoms with Gasteiger partial charge in [0.15, 0.2) is 5.78 Å². The fourth-order valence-corrected chi connectivity index (χ4v) is 2.94. The monoisotopic (exact) mass is 350 g/mol. The van der Waals surface area contributed by atoms with Gasteiger partial charge in [-0.05, 0) is 36.8 Å². The van der Waals surface area contributed by atoms with E-state index >= 15 is 0 Å². The van der Waals surface area contributed by atoms with E-state index in [-0.39, 0.29) is 17.4 Å². The number of anilines is 2. The van der Waals surface area contributed by atoms with Crippen molar-refractivity contribution in [3.05, 3.63) is 53.2 Å². The summed E-state index contributed by atoms with van der Waals surface area (Å²) in [6.07, 6.45) is -2.53. The molecule has 8 heteroatoms. The van der Waals surface area contributed by atoms with E-state index in [0.717, 1.165) is 12.5 Å². The van der Waals surface area contributed by atoms with Gasteiger partial charge < -0.3 is 16.4 Å². The Hall–Kier alpha value is -2.61. The zero-order valence-corrected chi connectivity index (χ0v) is 13.3. The number of pyridine rings is 1. The Labute approximate surface area is 142 Å². The molecule has 1 fully saturated rings. The van der Waals surface area contributed by atoms with Crippen LogP contribution in [0.5, 0.6) is 0 Å². The summed E-state index contributed by atoms with van der Waals surface area (Å²) >= 11 is 0. The number of carbonyl (C=O) groups is 1. The van der Waals surface area contributed by atoms with Crippen LogP contribution in [0.15, 0.2) is 36.5 Å². The maximum Gasteiger partial charge on any atom is 0.417 e. The molecular formula is C17H17F3N4O. The SMILES string of the molecule is Nc1ncccc1C(=O)c1cc(N2CCC(N)C2)ccc1C(F)(F)F. The summed E-state index contributed by atoms with van der Waals surface area (Å²) in [4.78, 5) is 18.3. The molecule has 0 saturated carbocycles. The van der Waals surface area contributed by atoms with E-state index in [1.54, 1.807) is 0 Å². The van der Waals surface area contributed by atoms with Crippen LogP contribution in [-0.4, -0.2) is 29.9 Å². The smallest absolute Gasteiger partial charge is 0.383 e. The standard InChI is InChI=1S/C17H17F3N4O/c18-17(19,20)14-4-3-11(24-7-5-10(21)9-24)8-13(14)15(25)12-2-1-6-23-16(12)22/h1-4,6,8,10H,5,7,9,21H2,(H2,22,23). The molecule has 5 nitrogen and oxygen atoms in total. The highest BCUT2D eigenvalue weighted by atomic mass is 19.4. The molecule has 2 heterocycles. The fraction of sp³-hybridized carbons (Fsp3) is 0.294. The topological polar surface area (TPSA) is 85.2 Å². The number of nitrogens with two attached hydrogens (primary N) is 2. The number of hydrogen-bond donors (Lipinski definition) is 2. The van der Waals surface area contributed by atoms with Gasteiger partial charge in [-0.25, -0.2) is 4.98 Å². The van der Waals surface area contributed by atoms with Gasteiger partial charge in [0.1, 0.15) is 5.82 Å².